The fourth-order valence-electron chi connectivity index (χ4n) is 5.39. The summed E-state index contributed by atoms with van der Waals surface area (Å²) in [4.78, 5) is 27.4. The molecule has 0 aromatic heterocycles. The van der Waals surface area contributed by atoms with E-state index >= 15 is 0 Å². The van der Waals surface area contributed by atoms with Gasteiger partial charge < -0.3 is 10.2 Å². The molecule has 1 N–H and O–H groups in total. The van der Waals surface area contributed by atoms with E-state index in [1.165, 1.54) is 12.8 Å². The second-order valence-corrected chi connectivity index (χ2v) is 10.9. The number of rotatable bonds is 7. The van der Waals surface area contributed by atoms with Crippen molar-refractivity contribution < 1.29 is 9.59 Å². The first-order chi connectivity index (χ1) is 16.5. The standard InChI is InChI=1S/C29H37BrN2O2/c1-21-19-26(12-13-27(21)30)29(34)32-17-14-22(15-18-32)7-5-6-16-31-28(33)25-11-10-23-8-3-2-4-9-24(23)20-25/h2,4,10-13,19-20,22-24H,3,5-9,14-18H2,1H3,(H,31,33). The van der Waals surface area contributed by atoms with E-state index < -0.39 is 0 Å². The quantitative estimate of drug-likeness (QED) is 0.333. The Bertz CT molecular complexity index is 972. The monoisotopic (exact) mass is 524 g/mol. The van der Waals surface area contributed by atoms with Crippen molar-refractivity contribution in [1.29, 1.82) is 0 Å². The zero-order valence-electron chi connectivity index (χ0n) is 20.3. The van der Waals surface area contributed by atoms with Gasteiger partial charge in [0.1, 0.15) is 0 Å². The van der Waals surface area contributed by atoms with Gasteiger partial charge in [0, 0.05) is 35.2 Å². The maximum absolute atomic E-state index is 12.8. The summed E-state index contributed by atoms with van der Waals surface area (Å²) in [5.74, 6) is 1.94. The first-order valence-electron chi connectivity index (χ1n) is 12.9. The van der Waals surface area contributed by atoms with E-state index in [1.807, 2.05) is 36.1 Å². The van der Waals surface area contributed by atoms with Crippen LogP contribution in [0.15, 0.2) is 58.6 Å². The summed E-state index contributed by atoms with van der Waals surface area (Å²) in [6.07, 6.45) is 19.8. The van der Waals surface area contributed by atoms with Crippen LogP contribution < -0.4 is 5.32 Å². The molecule has 1 fully saturated rings. The zero-order chi connectivity index (χ0) is 23.9. The van der Waals surface area contributed by atoms with E-state index in [2.05, 4.69) is 45.6 Å². The number of likely N-dealkylation sites (tertiary alicyclic amines) is 1. The number of amides is 2. The summed E-state index contributed by atoms with van der Waals surface area (Å²) in [5, 5.41) is 3.12. The highest BCUT2D eigenvalue weighted by atomic mass is 79.9. The van der Waals surface area contributed by atoms with Crippen LogP contribution in [0.4, 0.5) is 0 Å². The Morgan fingerprint density at radius 2 is 1.91 bits per heavy atom. The first-order valence-corrected chi connectivity index (χ1v) is 13.7. The third-order valence-corrected chi connectivity index (χ3v) is 8.49. The molecule has 2 atom stereocenters. The number of benzene rings is 1. The van der Waals surface area contributed by atoms with Crippen molar-refractivity contribution in [2.45, 2.75) is 58.3 Å². The lowest BCUT2D eigenvalue weighted by molar-refractivity contribution is -0.117. The van der Waals surface area contributed by atoms with Gasteiger partial charge in [-0.1, -0.05) is 59.2 Å². The molecule has 1 saturated heterocycles. The fraction of sp³-hybridized carbons (Fsp3) is 0.517. The number of carbonyl (C=O) groups is 2. The van der Waals surface area contributed by atoms with Crippen LogP contribution in [0.3, 0.4) is 0 Å². The van der Waals surface area contributed by atoms with Crippen molar-refractivity contribution in [2.75, 3.05) is 19.6 Å². The Balaban J connectivity index is 1.12. The highest BCUT2D eigenvalue weighted by Crippen LogP contribution is 2.32. The van der Waals surface area contributed by atoms with Gasteiger partial charge in [0.05, 0.1) is 0 Å². The zero-order valence-corrected chi connectivity index (χ0v) is 21.9. The molecule has 0 spiro atoms. The number of unbranched alkanes of at least 4 members (excludes halogenated alkanes) is 1. The van der Waals surface area contributed by atoms with Crippen LogP contribution in [0, 0.1) is 24.7 Å². The SMILES string of the molecule is Cc1cc(C(=O)N2CCC(CCCCNC(=O)C3=CC4CC=CCCC4C=C3)CC2)ccc1Br. The molecule has 34 heavy (non-hydrogen) atoms. The Morgan fingerprint density at radius 3 is 2.71 bits per heavy atom. The first kappa shape index (κ1) is 25.0. The molecule has 5 heteroatoms. The number of nitrogens with zero attached hydrogens (tertiary/aromatic N) is 1. The van der Waals surface area contributed by atoms with Crippen LogP contribution in [0.2, 0.25) is 0 Å². The van der Waals surface area contributed by atoms with Gasteiger partial charge in [0.25, 0.3) is 11.8 Å². The molecule has 1 aromatic carbocycles. The molecule has 0 bridgehead atoms. The predicted molar refractivity (Wildman–Crippen MR) is 142 cm³/mol. The molecule has 4 nitrogen and oxygen atoms in total. The fourth-order valence-corrected chi connectivity index (χ4v) is 5.64. The van der Waals surface area contributed by atoms with Gasteiger partial charge in [0.15, 0.2) is 0 Å². The normalized spacial score (nSPS) is 22.6. The van der Waals surface area contributed by atoms with Crippen molar-refractivity contribution in [2.24, 2.45) is 17.8 Å². The number of hydrogen-bond donors (Lipinski definition) is 1. The van der Waals surface area contributed by atoms with Gasteiger partial charge in [-0.2, -0.15) is 0 Å². The number of aryl methyl sites for hydroxylation is 1. The summed E-state index contributed by atoms with van der Waals surface area (Å²) >= 11 is 3.50. The summed E-state index contributed by atoms with van der Waals surface area (Å²) in [6, 6.07) is 5.84. The molecule has 2 aliphatic carbocycles. The molecule has 3 aliphatic rings. The highest BCUT2D eigenvalue weighted by Gasteiger charge is 2.24. The van der Waals surface area contributed by atoms with E-state index in [4.69, 9.17) is 0 Å². The second kappa shape index (κ2) is 12.0. The lowest BCUT2D eigenvalue weighted by atomic mass is 9.82. The predicted octanol–water partition coefficient (Wildman–Crippen LogP) is 6.36. The minimum absolute atomic E-state index is 0.0675. The summed E-state index contributed by atoms with van der Waals surface area (Å²) in [6.45, 7) is 4.43. The van der Waals surface area contributed by atoms with Gasteiger partial charge in [-0.15, -0.1) is 0 Å². The van der Waals surface area contributed by atoms with E-state index in [9.17, 15) is 9.59 Å². The van der Waals surface area contributed by atoms with Gasteiger partial charge in [0.2, 0.25) is 0 Å². The molecule has 4 rings (SSSR count). The van der Waals surface area contributed by atoms with Gasteiger partial charge in [-0.3, -0.25) is 9.59 Å². The lowest BCUT2D eigenvalue weighted by Gasteiger charge is -2.32. The molecule has 2 amide bonds. The van der Waals surface area contributed by atoms with Crippen LogP contribution >= 0.6 is 15.9 Å². The van der Waals surface area contributed by atoms with Crippen molar-refractivity contribution in [3.63, 3.8) is 0 Å². The van der Waals surface area contributed by atoms with Gasteiger partial charge >= 0.3 is 0 Å². The lowest BCUT2D eigenvalue weighted by Crippen LogP contribution is -2.38. The van der Waals surface area contributed by atoms with Crippen molar-refractivity contribution >= 4 is 27.7 Å². The Kier molecular flexibility index (Phi) is 8.82. The molecule has 182 valence electrons. The van der Waals surface area contributed by atoms with Crippen LogP contribution in [0.5, 0.6) is 0 Å². The number of carbonyl (C=O) groups excluding carboxylic acids is 2. The van der Waals surface area contributed by atoms with Crippen molar-refractivity contribution in [1.82, 2.24) is 10.2 Å². The summed E-state index contributed by atoms with van der Waals surface area (Å²) in [7, 11) is 0. The van der Waals surface area contributed by atoms with Crippen LogP contribution in [0.25, 0.3) is 0 Å². The third-order valence-electron chi connectivity index (χ3n) is 7.60. The minimum atomic E-state index is 0.0675. The average Bonchev–Trinajstić information content (AvgIpc) is 3.10. The molecule has 1 aliphatic heterocycles. The molecule has 0 saturated carbocycles. The average molecular weight is 526 g/mol. The smallest absolute Gasteiger partial charge is 0.253 e. The van der Waals surface area contributed by atoms with E-state index in [0.29, 0.717) is 17.8 Å². The Labute approximate surface area is 212 Å². The number of allylic oxidation sites excluding steroid dienone is 4. The maximum atomic E-state index is 12.8. The number of hydrogen-bond acceptors (Lipinski definition) is 2. The summed E-state index contributed by atoms with van der Waals surface area (Å²) in [5.41, 5.74) is 2.70. The number of nitrogens with one attached hydrogen (secondary N) is 1. The number of piperidine rings is 1. The topological polar surface area (TPSA) is 49.4 Å². The summed E-state index contributed by atoms with van der Waals surface area (Å²) < 4.78 is 1.04. The third kappa shape index (κ3) is 6.50. The molecule has 1 heterocycles. The van der Waals surface area contributed by atoms with Crippen LogP contribution in [0.1, 0.15) is 67.3 Å². The van der Waals surface area contributed by atoms with E-state index in [-0.39, 0.29) is 11.8 Å². The highest BCUT2D eigenvalue weighted by molar-refractivity contribution is 9.10. The van der Waals surface area contributed by atoms with Crippen molar-refractivity contribution in [3.8, 4) is 0 Å². The van der Waals surface area contributed by atoms with Gasteiger partial charge in [-0.25, -0.2) is 0 Å². The molecule has 2 unspecified atom stereocenters. The molecule has 0 radical (unpaired) electrons. The van der Waals surface area contributed by atoms with E-state index in [0.717, 1.165) is 79.3 Å². The Morgan fingerprint density at radius 1 is 1.09 bits per heavy atom. The van der Waals surface area contributed by atoms with Crippen LogP contribution in [-0.4, -0.2) is 36.3 Å². The molecular formula is C29H37BrN2O2. The molecule has 1 aromatic rings. The molecular weight excluding hydrogens is 488 g/mol. The number of fused-ring (bicyclic) bond motifs is 1. The van der Waals surface area contributed by atoms with Crippen molar-refractivity contribution in [3.05, 3.63) is 69.8 Å². The van der Waals surface area contributed by atoms with Gasteiger partial charge in [-0.05, 0) is 87.0 Å². The largest absolute Gasteiger partial charge is 0.352 e. The maximum Gasteiger partial charge on any atom is 0.253 e. The van der Waals surface area contributed by atoms with Crippen LogP contribution in [-0.2, 0) is 4.79 Å². The minimum Gasteiger partial charge on any atom is -0.352 e. The Hall–Kier alpha value is -2.14. The van der Waals surface area contributed by atoms with E-state index in [1.54, 1.807) is 0 Å². The number of halogens is 1. The second-order valence-electron chi connectivity index (χ2n) is 10.0.